The number of amides is 2. The molecule has 0 saturated heterocycles. The number of carbonyl (C=O) groups excluding carboxylic acids is 3. The molecule has 6 nitrogen and oxygen atoms in total. The Morgan fingerprint density at radius 1 is 1.08 bits per heavy atom. The molecule has 0 radical (unpaired) electrons. The van der Waals surface area contributed by atoms with Gasteiger partial charge in [0.25, 0.3) is 0 Å². The van der Waals surface area contributed by atoms with Crippen LogP contribution in [0.15, 0.2) is 30.3 Å². The van der Waals surface area contributed by atoms with Crippen molar-refractivity contribution >= 4 is 18.1 Å². The summed E-state index contributed by atoms with van der Waals surface area (Å²) in [5.74, 6) is -0.551. The van der Waals surface area contributed by atoms with Crippen LogP contribution in [0.3, 0.4) is 0 Å². The Labute approximate surface area is 143 Å². The van der Waals surface area contributed by atoms with Crippen molar-refractivity contribution in [1.82, 2.24) is 10.6 Å². The number of benzene rings is 1. The standard InChI is InChI=1S/C18H27N3O3/c1-12(2)9-16(21-17(23)13(3)19)18(24)20-15(11-22)10-14-7-5-4-6-8-14/h4-8,11-13,15-16H,9-10,19H2,1-3H3,(H,20,24)(H,21,23)/t13-,15-,16-/m0/s1. The van der Waals surface area contributed by atoms with E-state index in [1.807, 2.05) is 44.2 Å². The van der Waals surface area contributed by atoms with Crippen molar-refractivity contribution < 1.29 is 14.4 Å². The summed E-state index contributed by atoms with van der Waals surface area (Å²) in [7, 11) is 0. The van der Waals surface area contributed by atoms with Crippen LogP contribution in [0.2, 0.25) is 0 Å². The quantitative estimate of drug-likeness (QED) is 0.582. The predicted octanol–water partition coefficient (Wildman–Crippen LogP) is 0.791. The number of nitrogens with two attached hydrogens (primary N) is 1. The summed E-state index contributed by atoms with van der Waals surface area (Å²) in [6.07, 6.45) is 1.59. The minimum atomic E-state index is -0.707. The Morgan fingerprint density at radius 2 is 1.71 bits per heavy atom. The third-order valence-corrected chi connectivity index (χ3v) is 3.54. The summed E-state index contributed by atoms with van der Waals surface area (Å²) >= 11 is 0. The van der Waals surface area contributed by atoms with Gasteiger partial charge >= 0.3 is 0 Å². The van der Waals surface area contributed by atoms with Crippen LogP contribution in [0.1, 0.15) is 32.8 Å². The van der Waals surface area contributed by atoms with E-state index in [1.54, 1.807) is 6.92 Å². The van der Waals surface area contributed by atoms with Crippen LogP contribution in [-0.2, 0) is 20.8 Å². The van der Waals surface area contributed by atoms with Crippen molar-refractivity contribution in [3.63, 3.8) is 0 Å². The van der Waals surface area contributed by atoms with E-state index in [0.29, 0.717) is 19.1 Å². The first-order valence-corrected chi connectivity index (χ1v) is 8.19. The second-order valence-corrected chi connectivity index (χ2v) is 6.42. The molecule has 1 aromatic rings. The highest BCUT2D eigenvalue weighted by atomic mass is 16.2. The van der Waals surface area contributed by atoms with Crippen LogP contribution < -0.4 is 16.4 Å². The molecule has 0 aromatic heterocycles. The number of hydrogen-bond acceptors (Lipinski definition) is 4. The third-order valence-electron chi connectivity index (χ3n) is 3.54. The molecule has 132 valence electrons. The molecular weight excluding hydrogens is 306 g/mol. The van der Waals surface area contributed by atoms with Gasteiger partial charge in [-0.3, -0.25) is 9.59 Å². The molecule has 0 spiro atoms. The van der Waals surface area contributed by atoms with Gasteiger partial charge in [0.2, 0.25) is 11.8 Å². The number of aldehydes is 1. The SMILES string of the molecule is CC(C)C[C@H](NC(=O)[C@H](C)N)C(=O)N[C@H](C=O)Cc1ccccc1. The van der Waals surface area contributed by atoms with Crippen molar-refractivity contribution in [3.05, 3.63) is 35.9 Å². The van der Waals surface area contributed by atoms with Crippen LogP contribution >= 0.6 is 0 Å². The molecule has 0 bridgehead atoms. The Bertz CT molecular complexity index is 544. The van der Waals surface area contributed by atoms with Crippen LogP contribution in [-0.4, -0.2) is 36.2 Å². The molecule has 0 fully saturated rings. The van der Waals surface area contributed by atoms with Crippen molar-refractivity contribution in [2.45, 2.75) is 51.7 Å². The zero-order valence-electron chi connectivity index (χ0n) is 14.5. The summed E-state index contributed by atoms with van der Waals surface area (Å²) in [6, 6.07) is 7.40. The van der Waals surface area contributed by atoms with Crippen molar-refractivity contribution in [1.29, 1.82) is 0 Å². The second kappa shape index (κ2) is 9.82. The highest BCUT2D eigenvalue weighted by molar-refractivity contribution is 5.90. The van der Waals surface area contributed by atoms with Gasteiger partial charge in [0.15, 0.2) is 0 Å². The molecule has 1 aromatic carbocycles. The van der Waals surface area contributed by atoms with Gasteiger partial charge in [-0.1, -0.05) is 44.2 Å². The van der Waals surface area contributed by atoms with Crippen molar-refractivity contribution in [2.75, 3.05) is 0 Å². The maximum atomic E-state index is 12.5. The molecule has 0 aliphatic rings. The molecule has 0 saturated carbocycles. The Morgan fingerprint density at radius 3 is 2.21 bits per heavy atom. The molecule has 2 amide bonds. The van der Waals surface area contributed by atoms with E-state index < -0.39 is 18.1 Å². The van der Waals surface area contributed by atoms with Gasteiger partial charge in [-0.05, 0) is 31.2 Å². The first kappa shape index (κ1) is 19.8. The third kappa shape index (κ3) is 6.91. The fourth-order valence-electron chi connectivity index (χ4n) is 2.29. The van der Waals surface area contributed by atoms with Crippen LogP contribution in [0.4, 0.5) is 0 Å². The molecule has 0 aliphatic carbocycles. The monoisotopic (exact) mass is 333 g/mol. The van der Waals surface area contributed by atoms with Crippen LogP contribution in [0, 0.1) is 5.92 Å². The normalized spacial score (nSPS) is 14.5. The zero-order valence-corrected chi connectivity index (χ0v) is 14.5. The fourth-order valence-corrected chi connectivity index (χ4v) is 2.29. The van der Waals surface area contributed by atoms with E-state index in [2.05, 4.69) is 10.6 Å². The smallest absolute Gasteiger partial charge is 0.243 e. The lowest BCUT2D eigenvalue weighted by Crippen LogP contribution is -2.53. The lowest BCUT2D eigenvalue weighted by atomic mass is 10.0. The zero-order chi connectivity index (χ0) is 18.1. The molecular formula is C18H27N3O3. The average Bonchev–Trinajstić information content (AvgIpc) is 2.53. The van der Waals surface area contributed by atoms with Gasteiger partial charge in [-0.25, -0.2) is 0 Å². The van der Waals surface area contributed by atoms with Crippen LogP contribution in [0.25, 0.3) is 0 Å². The molecule has 24 heavy (non-hydrogen) atoms. The summed E-state index contributed by atoms with van der Waals surface area (Å²) in [4.78, 5) is 35.6. The topological polar surface area (TPSA) is 101 Å². The van der Waals surface area contributed by atoms with E-state index in [1.165, 1.54) is 0 Å². The van der Waals surface area contributed by atoms with E-state index in [0.717, 1.165) is 5.56 Å². The highest BCUT2D eigenvalue weighted by Crippen LogP contribution is 2.07. The summed E-state index contributed by atoms with van der Waals surface area (Å²) in [5, 5.41) is 5.35. The molecule has 0 heterocycles. The molecule has 0 unspecified atom stereocenters. The lowest BCUT2D eigenvalue weighted by Gasteiger charge is -2.23. The maximum absolute atomic E-state index is 12.5. The van der Waals surface area contributed by atoms with E-state index in [-0.39, 0.29) is 17.7 Å². The summed E-state index contributed by atoms with van der Waals surface area (Å²) < 4.78 is 0. The minimum Gasteiger partial charge on any atom is -0.344 e. The van der Waals surface area contributed by atoms with Gasteiger partial charge in [0.1, 0.15) is 12.3 Å². The first-order chi connectivity index (χ1) is 11.3. The number of carbonyl (C=O) groups is 3. The number of rotatable bonds is 9. The van der Waals surface area contributed by atoms with Gasteiger partial charge < -0.3 is 21.2 Å². The highest BCUT2D eigenvalue weighted by Gasteiger charge is 2.25. The molecule has 3 atom stereocenters. The fraction of sp³-hybridized carbons (Fsp3) is 0.500. The van der Waals surface area contributed by atoms with Gasteiger partial charge in [-0.2, -0.15) is 0 Å². The van der Waals surface area contributed by atoms with Gasteiger partial charge in [-0.15, -0.1) is 0 Å². The lowest BCUT2D eigenvalue weighted by molar-refractivity contribution is -0.130. The van der Waals surface area contributed by atoms with Crippen molar-refractivity contribution in [3.8, 4) is 0 Å². The molecule has 1 rings (SSSR count). The second-order valence-electron chi connectivity index (χ2n) is 6.42. The summed E-state index contributed by atoms with van der Waals surface area (Å²) in [6.45, 7) is 5.47. The van der Waals surface area contributed by atoms with E-state index in [4.69, 9.17) is 5.73 Å². The van der Waals surface area contributed by atoms with E-state index >= 15 is 0 Å². The minimum absolute atomic E-state index is 0.206. The Hall–Kier alpha value is -2.21. The maximum Gasteiger partial charge on any atom is 0.243 e. The average molecular weight is 333 g/mol. The number of nitrogens with one attached hydrogen (secondary N) is 2. The molecule has 6 heteroatoms. The Balaban J connectivity index is 2.73. The van der Waals surface area contributed by atoms with E-state index in [9.17, 15) is 14.4 Å². The largest absolute Gasteiger partial charge is 0.344 e. The predicted molar refractivity (Wildman–Crippen MR) is 93.2 cm³/mol. The van der Waals surface area contributed by atoms with Gasteiger partial charge in [0, 0.05) is 0 Å². The molecule has 4 N–H and O–H groups in total. The van der Waals surface area contributed by atoms with Crippen molar-refractivity contribution in [2.24, 2.45) is 11.7 Å². The summed E-state index contributed by atoms with van der Waals surface area (Å²) in [5.41, 5.74) is 6.50. The molecule has 0 aliphatic heterocycles. The first-order valence-electron chi connectivity index (χ1n) is 8.19. The van der Waals surface area contributed by atoms with Gasteiger partial charge in [0.05, 0.1) is 12.1 Å². The number of hydrogen-bond donors (Lipinski definition) is 3. The van der Waals surface area contributed by atoms with Crippen LogP contribution in [0.5, 0.6) is 0 Å². The Kier molecular flexibility index (Phi) is 8.12.